The van der Waals surface area contributed by atoms with Gasteiger partial charge in [0.15, 0.2) is 0 Å². The number of alkyl halides is 2. The average Bonchev–Trinajstić information content (AvgIpc) is 2.28. The van der Waals surface area contributed by atoms with Crippen molar-refractivity contribution in [2.75, 3.05) is 19.6 Å². The van der Waals surface area contributed by atoms with Gasteiger partial charge in [0.05, 0.1) is 0 Å². The summed E-state index contributed by atoms with van der Waals surface area (Å²) in [6.07, 6.45) is 2.61. The Kier molecular flexibility index (Phi) is 6.34. The van der Waals surface area contributed by atoms with Crippen LogP contribution in [0.4, 0.5) is 8.78 Å². The second-order valence-electron chi connectivity index (χ2n) is 5.31. The van der Waals surface area contributed by atoms with Crippen LogP contribution in [-0.4, -0.2) is 31.6 Å². The third kappa shape index (κ3) is 6.32. The zero-order valence-electron chi connectivity index (χ0n) is 11.1. The van der Waals surface area contributed by atoms with Crippen LogP contribution in [0.2, 0.25) is 0 Å². The van der Waals surface area contributed by atoms with Crippen LogP contribution in [0.1, 0.15) is 46.0 Å². The Labute approximate surface area is 104 Å². The first kappa shape index (κ1) is 14.8. The molecule has 1 atom stereocenters. The highest BCUT2D eigenvalue weighted by Gasteiger charge is 2.34. The molecular weight excluding hydrogens is 222 g/mol. The van der Waals surface area contributed by atoms with Crippen LogP contribution < -0.4 is 10.6 Å². The maximum absolute atomic E-state index is 13.0. The molecule has 1 aliphatic carbocycles. The van der Waals surface area contributed by atoms with E-state index >= 15 is 0 Å². The molecule has 0 amide bonds. The summed E-state index contributed by atoms with van der Waals surface area (Å²) in [5, 5.41) is 6.78. The van der Waals surface area contributed by atoms with Crippen LogP contribution in [0.25, 0.3) is 0 Å². The summed E-state index contributed by atoms with van der Waals surface area (Å²) in [5.74, 6) is -1.96. The normalized spacial score (nSPS) is 22.6. The second kappa shape index (κ2) is 7.27. The van der Waals surface area contributed by atoms with Crippen molar-refractivity contribution >= 4 is 0 Å². The molecule has 102 valence electrons. The Morgan fingerprint density at radius 2 is 1.94 bits per heavy atom. The molecule has 1 aliphatic rings. The van der Waals surface area contributed by atoms with E-state index in [1.807, 2.05) is 0 Å². The molecule has 0 aromatic rings. The highest BCUT2D eigenvalue weighted by molar-refractivity contribution is 4.79. The zero-order chi connectivity index (χ0) is 12.7. The van der Waals surface area contributed by atoms with E-state index < -0.39 is 5.92 Å². The summed E-state index contributed by atoms with van der Waals surface area (Å²) in [7, 11) is 0. The quantitative estimate of drug-likeness (QED) is 0.677. The monoisotopic (exact) mass is 248 g/mol. The van der Waals surface area contributed by atoms with E-state index in [1.165, 1.54) is 0 Å². The summed E-state index contributed by atoms with van der Waals surface area (Å²) >= 11 is 0. The Hall–Kier alpha value is -0.220. The minimum absolute atomic E-state index is 0.0712. The molecule has 4 heteroatoms. The molecule has 1 fully saturated rings. The minimum Gasteiger partial charge on any atom is -0.315 e. The van der Waals surface area contributed by atoms with E-state index in [1.54, 1.807) is 0 Å². The molecule has 0 bridgehead atoms. The van der Waals surface area contributed by atoms with Crippen molar-refractivity contribution in [2.24, 2.45) is 5.92 Å². The average molecular weight is 248 g/mol. The molecular formula is C13H26F2N2. The predicted molar refractivity (Wildman–Crippen MR) is 67.5 cm³/mol. The fourth-order valence-electron chi connectivity index (χ4n) is 2.24. The van der Waals surface area contributed by atoms with Gasteiger partial charge in [-0.15, -0.1) is 0 Å². The van der Waals surface area contributed by atoms with E-state index in [9.17, 15) is 8.78 Å². The second-order valence-corrected chi connectivity index (χ2v) is 5.31. The Balaban J connectivity index is 2.06. The fraction of sp³-hybridized carbons (Fsp3) is 1.00. The number of hydrogen-bond donors (Lipinski definition) is 2. The number of rotatable bonds is 7. The molecule has 0 radical (unpaired) electrons. The van der Waals surface area contributed by atoms with Gasteiger partial charge in [0.25, 0.3) is 0 Å². The molecule has 2 nitrogen and oxygen atoms in total. The van der Waals surface area contributed by atoms with E-state index in [2.05, 4.69) is 24.5 Å². The lowest BCUT2D eigenvalue weighted by molar-refractivity contribution is -0.0456. The SMILES string of the molecule is CCCNCC(C)NCC1CCC(F)(F)CC1. The standard InChI is InChI=1S/C13H26F2N2/c1-3-8-16-9-11(2)17-10-12-4-6-13(14,15)7-5-12/h11-12,16-17H,3-10H2,1-2H3. The fourth-order valence-corrected chi connectivity index (χ4v) is 2.24. The van der Waals surface area contributed by atoms with Crippen LogP contribution in [-0.2, 0) is 0 Å². The molecule has 1 unspecified atom stereocenters. The first-order chi connectivity index (χ1) is 8.03. The van der Waals surface area contributed by atoms with Crippen LogP contribution in [0.15, 0.2) is 0 Å². The van der Waals surface area contributed by atoms with Crippen molar-refractivity contribution in [2.45, 2.75) is 57.9 Å². The smallest absolute Gasteiger partial charge is 0.248 e. The zero-order valence-corrected chi connectivity index (χ0v) is 11.1. The van der Waals surface area contributed by atoms with Crippen LogP contribution in [0, 0.1) is 5.92 Å². The van der Waals surface area contributed by atoms with Crippen LogP contribution >= 0.6 is 0 Å². The molecule has 0 spiro atoms. The summed E-state index contributed by atoms with van der Waals surface area (Å²) in [6.45, 7) is 7.16. The van der Waals surface area contributed by atoms with Crippen molar-refractivity contribution in [1.29, 1.82) is 0 Å². The van der Waals surface area contributed by atoms with Gasteiger partial charge in [0.2, 0.25) is 5.92 Å². The van der Waals surface area contributed by atoms with Gasteiger partial charge in [-0.1, -0.05) is 6.92 Å². The maximum Gasteiger partial charge on any atom is 0.248 e. The largest absolute Gasteiger partial charge is 0.315 e. The van der Waals surface area contributed by atoms with E-state index in [0.717, 1.165) is 26.1 Å². The highest BCUT2D eigenvalue weighted by Crippen LogP contribution is 2.35. The molecule has 0 aliphatic heterocycles. The molecule has 1 saturated carbocycles. The van der Waals surface area contributed by atoms with Gasteiger partial charge in [0.1, 0.15) is 0 Å². The summed E-state index contributed by atoms with van der Waals surface area (Å²) in [6, 6.07) is 0.420. The van der Waals surface area contributed by atoms with E-state index in [-0.39, 0.29) is 12.8 Å². The van der Waals surface area contributed by atoms with Gasteiger partial charge in [-0.25, -0.2) is 8.78 Å². The van der Waals surface area contributed by atoms with Crippen molar-refractivity contribution in [1.82, 2.24) is 10.6 Å². The summed E-state index contributed by atoms with van der Waals surface area (Å²) < 4.78 is 25.9. The number of halogens is 2. The number of nitrogens with one attached hydrogen (secondary N) is 2. The molecule has 0 heterocycles. The third-order valence-corrected chi connectivity index (χ3v) is 3.47. The van der Waals surface area contributed by atoms with Gasteiger partial charge in [-0.05, 0) is 45.2 Å². The minimum atomic E-state index is -2.40. The van der Waals surface area contributed by atoms with Gasteiger partial charge >= 0.3 is 0 Å². The lowest BCUT2D eigenvalue weighted by atomic mass is 9.86. The molecule has 1 rings (SSSR count). The van der Waals surface area contributed by atoms with E-state index in [0.29, 0.717) is 24.8 Å². The molecule has 0 aromatic heterocycles. The van der Waals surface area contributed by atoms with Crippen LogP contribution in [0.3, 0.4) is 0 Å². The Morgan fingerprint density at radius 1 is 1.29 bits per heavy atom. The Morgan fingerprint density at radius 3 is 2.53 bits per heavy atom. The van der Waals surface area contributed by atoms with Crippen molar-refractivity contribution in [3.05, 3.63) is 0 Å². The Bertz CT molecular complexity index is 200. The summed E-state index contributed by atoms with van der Waals surface area (Å²) in [4.78, 5) is 0. The lowest BCUT2D eigenvalue weighted by Gasteiger charge is -2.29. The predicted octanol–water partition coefficient (Wildman–Crippen LogP) is 2.79. The first-order valence-corrected chi connectivity index (χ1v) is 6.85. The number of hydrogen-bond acceptors (Lipinski definition) is 2. The van der Waals surface area contributed by atoms with Gasteiger partial charge in [-0.2, -0.15) is 0 Å². The van der Waals surface area contributed by atoms with Crippen molar-refractivity contribution in [3.8, 4) is 0 Å². The van der Waals surface area contributed by atoms with Crippen molar-refractivity contribution < 1.29 is 8.78 Å². The van der Waals surface area contributed by atoms with E-state index in [4.69, 9.17) is 0 Å². The lowest BCUT2D eigenvalue weighted by Crippen LogP contribution is -2.40. The van der Waals surface area contributed by atoms with Crippen molar-refractivity contribution in [3.63, 3.8) is 0 Å². The van der Waals surface area contributed by atoms with Gasteiger partial charge in [0, 0.05) is 25.4 Å². The molecule has 17 heavy (non-hydrogen) atoms. The van der Waals surface area contributed by atoms with Crippen LogP contribution in [0.5, 0.6) is 0 Å². The maximum atomic E-state index is 13.0. The molecule has 0 saturated heterocycles. The first-order valence-electron chi connectivity index (χ1n) is 6.85. The van der Waals surface area contributed by atoms with Gasteiger partial charge in [-0.3, -0.25) is 0 Å². The van der Waals surface area contributed by atoms with Gasteiger partial charge < -0.3 is 10.6 Å². The topological polar surface area (TPSA) is 24.1 Å². The molecule has 0 aromatic carbocycles. The summed E-state index contributed by atoms with van der Waals surface area (Å²) in [5.41, 5.74) is 0. The third-order valence-electron chi connectivity index (χ3n) is 3.47. The molecule has 2 N–H and O–H groups in total. The highest BCUT2D eigenvalue weighted by atomic mass is 19.3.